The van der Waals surface area contributed by atoms with E-state index in [1.807, 2.05) is 12.1 Å². The summed E-state index contributed by atoms with van der Waals surface area (Å²) < 4.78 is 18.9. The number of hydrogen-bond donors (Lipinski definition) is 2. The Morgan fingerprint density at radius 2 is 1.83 bits per heavy atom. The van der Waals surface area contributed by atoms with E-state index >= 15 is 0 Å². The summed E-state index contributed by atoms with van der Waals surface area (Å²) in [5.41, 5.74) is 1.11. The predicted octanol–water partition coefficient (Wildman–Crippen LogP) is 2.49. The van der Waals surface area contributed by atoms with Gasteiger partial charge in [-0.05, 0) is 50.2 Å². The lowest BCUT2D eigenvalue weighted by Gasteiger charge is -2.35. The van der Waals surface area contributed by atoms with Crippen LogP contribution in [0.2, 0.25) is 0 Å². The van der Waals surface area contributed by atoms with Crippen molar-refractivity contribution in [1.29, 1.82) is 0 Å². The maximum absolute atomic E-state index is 13.4. The number of halogens is 1. The first-order chi connectivity index (χ1) is 14.2. The highest BCUT2D eigenvalue weighted by molar-refractivity contribution is 5.79. The molecule has 6 nitrogen and oxygen atoms in total. The van der Waals surface area contributed by atoms with Crippen molar-refractivity contribution < 1.29 is 9.13 Å². The maximum Gasteiger partial charge on any atom is 0.191 e. The highest BCUT2D eigenvalue weighted by Crippen LogP contribution is 2.21. The first kappa shape index (κ1) is 23.6. The lowest BCUT2D eigenvalue weighted by molar-refractivity contribution is 0.0170. The Bertz CT molecular complexity index is 585. The summed E-state index contributed by atoms with van der Waals surface area (Å²) in [4.78, 5) is 9.20. The minimum atomic E-state index is -0.204. The van der Waals surface area contributed by atoms with Gasteiger partial charge in [-0.1, -0.05) is 26.0 Å². The average molecular weight is 408 g/mol. The molecule has 0 spiro atoms. The Kier molecular flexibility index (Phi) is 11.0. The van der Waals surface area contributed by atoms with E-state index in [1.54, 1.807) is 7.05 Å². The second kappa shape index (κ2) is 13.5. The molecule has 1 heterocycles. The van der Waals surface area contributed by atoms with Crippen LogP contribution in [0.15, 0.2) is 29.3 Å². The Morgan fingerprint density at radius 1 is 1.14 bits per heavy atom. The normalized spacial score (nSPS) is 16.8. The molecule has 29 heavy (non-hydrogen) atoms. The highest BCUT2D eigenvalue weighted by atomic mass is 19.1. The van der Waals surface area contributed by atoms with Gasteiger partial charge in [-0.15, -0.1) is 0 Å². The number of hydrogen-bond acceptors (Lipinski definition) is 4. The van der Waals surface area contributed by atoms with Crippen molar-refractivity contribution in [3.05, 3.63) is 35.6 Å². The van der Waals surface area contributed by atoms with E-state index in [4.69, 9.17) is 4.74 Å². The topological polar surface area (TPSA) is 52.1 Å². The molecule has 0 bridgehead atoms. The third-order valence-corrected chi connectivity index (χ3v) is 5.52. The highest BCUT2D eigenvalue weighted by Gasteiger charge is 2.23. The molecule has 1 atom stereocenters. The van der Waals surface area contributed by atoms with Crippen molar-refractivity contribution in [2.24, 2.45) is 4.99 Å². The van der Waals surface area contributed by atoms with Crippen LogP contribution in [0.1, 0.15) is 38.3 Å². The zero-order valence-electron chi connectivity index (χ0n) is 18.3. The molecule has 1 aliphatic heterocycles. The fraction of sp³-hybridized carbons (Fsp3) is 0.682. The van der Waals surface area contributed by atoms with E-state index in [9.17, 15) is 4.39 Å². The van der Waals surface area contributed by atoms with Crippen LogP contribution in [0, 0.1) is 5.82 Å². The number of benzene rings is 1. The number of unbranched alkanes of at least 4 members (excludes halogenated alkanes) is 1. The first-order valence-corrected chi connectivity index (χ1v) is 10.9. The lowest BCUT2D eigenvalue weighted by atomic mass is 10.0. The molecule has 2 N–H and O–H groups in total. The number of nitrogens with zero attached hydrogens (tertiary/aromatic N) is 3. The molecule has 164 valence electrons. The van der Waals surface area contributed by atoms with E-state index in [0.717, 1.165) is 70.4 Å². The average Bonchev–Trinajstić information content (AvgIpc) is 2.76. The smallest absolute Gasteiger partial charge is 0.191 e. The number of aliphatic imine (C=N–C) groups is 1. The Hall–Kier alpha value is -1.70. The molecule has 0 radical (unpaired) electrons. The minimum absolute atomic E-state index is 0.153. The van der Waals surface area contributed by atoms with Crippen molar-refractivity contribution in [2.45, 2.75) is 32.7 Å². The summed E-state index contributed by atoms with van der Waals surface area (Å²) in [5, 5.41) is 6.87. The van der Waals surface area contributed by atoms with Gasteiger partial charge >= 0.3 is 0 Å². The molecular formula is C22H38FN5O. The van der Waals surface area contributed by atoms with Crippen molar-refractivity contribution in [3.63, 3.8) is 0 Å². The van der Waals surface area contributed by atoms with Crippen LogP contribution < -0.4 is 10.6 Å². The summed E-state index contributed by atoms with van der Waals surface area (Å²) in [7, 11) is 1.80. The van der Waals surface area contributed by atoms with Crippen LogP contribution in [0.3, 0.4) is 0 Å². The molecule has 0 aromatic heterocycles. The molecule has 1 unspecified atom stereocenters. The van der Waals surface area contributed by atoms with Crippen LogP contribution in [-0.2, 0) is 4.74 Å². The second-order valence-corrected chi connectivity index (χ2v) is 7.33. The number of nitrogens with one attached hydrogen (secondary N) is 2. The fourth-order valence-corrected chi connectivity index (χ4v) is 3.65. The molecule has 2 rings (SSSR count). The van der Waals surface area contributed by atoms with E-state index in [0.29, 0.717) is 6.54 Å². The maximum atomic E-state index is 13.4. The van der Waals surface area contributed by atoms with E-state index in [2.05, 4.69) is 39.3 Å². The molecule has 0 aliphatic carbocycles. The largest absolute Gasteiger partial charge is 0.379 e. The van der Waals surface area contributed by atoms with Crippen LogP contribution in [0.4, 0.5) is 4.39 Å². The SMILES string of the molecule is CCN(CC)CCCCNC(=NC)NCC(c1ccc(F)cc1)N1CCOCC1. The number of rotatable bonds is 11. The molecular weight excluding hydrogens is 369 g/mol. The number of guanidine groups is 1. The van der Waals surface area contributed by atoms with Gasteiger partial charge in [0.1, 0.15) is 5.82 Å². The molecule has 0 amide bonds. The Labute approximate surface area is 175 Å². The second-order valence-electron chi connectivity index (χ2n) is 7.33. The number of ether oxygens (including phenoxy) is 1. The van der Waals surface area contributed by atoms with Crippen LogP contribution in [0.5, 0.6) is 0 Å². The molecule has 1 aromatic rings. The predicted molar refractivity (Wildman–Crippen MR) is 118 cm³/mol. The van der Waals surface area contributed by atoms with Gasteiger partial charge in [-0.3, -0.25) is 9.89 Å². The standard InChI is InChI=1S/C22H38FN5O/c1-4-27(5-2)13-7-6-12-25-22(24-3)26-18-21(28-14-16-29-17-15-28)19-8-10-20(23)11-9-19/h8-11,21H,4-7,12-18H2,1-3H3,(H2,24,25,26). The molecule has 1 fully saturated rings. The first-order valence-electron chi connectivity index (χ1n) is 10.9. The van der Waals surface area contributed by atoms with Gasteiger partial charge in [0.15, 0.2) is 5.96 Å². The van der Waals surface area contributed by atoms with Crippen molar-refractivity contribution >= 4 is 5.96 Å². The third kappa shape index (κ3) is 8.28. The molecule has 1 aromatic carbocycles. The zero-order valence-corrected chi connectivity index (χ0v) is 18.3. The van der Waals surface area contributed by atoms with Crippen LogP contribution in [-0.4, -0.2) is 81.8 Å². The van der Waals surface area contributed by atoms with Crippen molar-refractivity contribution in [3.8, 4) is 0 Å². The van der Waals surface area contributed by atoms with Gasteiger partial charge in [0.25, 0.3) is 0 Å². The monoisotopic (exact) mass is 407 g/mol. The Balaban J connectivity index is 1.83. The van der Waals surface area contributed by atoms with Gasteiger partial charge < -0.3 is 20.3 Å². The molecule has 1 aliphatic rings. The van der Waals surface area contributed by atoms with Crippen LogP contribution in [0.25, 0.3) is 0 Å². The lowest BCUT2D eigenvalue weighted by Crippen LogP contribution is -2.46. The van der Waals surface area contributed by atoms with Gasteiger partial charge in [0.05, 0.1) is 19.3 Å². The van der Waals surface area contributed by atoms with Crippen LogP contribution >= 0.6 is 0 Å². The summed E-state index contributed by atoms with van der Waals surface area (Å²) in [6.07, 6.45) is 2.29. The van der Waals surface area contributed by atoms with Gasteiger partial charge in [-0.2, -0.15) is 0 Å². The fourth-order valence-electron chi connectivity index (χ4n) is 3.65. The van der Waals surface area contributed by atoms with E-state index in [-0.39, 0.29) is 11.9 Å². The summed E-state index contributed by atoms with van der Waals surface area (Å²) in [6.45, 7) is 12.6. The third-order valence-electron chi connectivity index (χ3n) is 5.52. The molecule has 1 saturated heterocycles. The Morgan fingerprint density at radius 3 is 2.45 bits per heavy atom. The van der Waals surface area contributed by atoms with Crippen molar-refractivity contribution in [2.75, 3.05) is 66.1 Å². The molecule has 7 heteroatoms. The number of morpholine rings is 1. The minimum Gasteiger partial charge on any atom is -0.379 e. The van der Waals surface area contributed by atoms with E-state index < -0.39 is 0 Å². The zero-order chi connectivity index (χ0) is 20.9. The van der Waals surface area contributed by atoms with E-state index in [1.165, 1.54) is 18.6 Å². The summed E-state index contributed by atoms with van der Waals surface area (Å²) in [6, 6.07) is 6.97. The summed E-state index contributed by atoms with van der Waals surface area (Å²) in [5.74, 6) is 0.609. The van der Waals surface area contributed by atoms with Gasteiger partial charge in [0.2, 0.25) is 0 Å². The summed E-state index contributed by atoms with van der Waals surface area (Å²) >= 11 is 0. The van der Waals surface area contributed by atoms with Crippen molar-refractivity contribution in [1.82, 2.24) is 20.4 Å². The van der Waals surface area contributed by atoms with Gasteiger partial charge in [-0.25, -0.2) is 4.39 Å². The molecule has 0 saturated carbocycles. The van der Waals surface area contributed by atoms with Gasteiger partial charge in [0, 0.05) is 33.2 Å². The quantitative estimate of drug-likeness (QED) is 0.335.